The highest BCUT2D eigenvalue weighted by atomic mass is 19.2. The number of benzene rings is 2. The van der Waals surface area contributed by atoms with Gasteiger partial charge in [-0.15, -0.1) is 0 Å². The van der Waals surface area contributed by atoms with Crippen LogP contribution in [-0.4, -0.2) is 30.1 Å². The third-order valence-corrected chi connectivity index (χ3v) is 3.75. The summed E-state index contributed by atoms with van der Waals surface area (Å²) in [6.07, 6.45) is -0.725. The molecule has 0 saturated carbocycles. The van der Waals surface area contributed by atoms with Gasteiger partial charge in [0.2, 0.25) is 5.91 Å². The molecule has 0 aromatic heterocycles. The van der Waals surface area contributed by atoms with Crippen molar-refractivity contribution in [2.24, 2.45) is 0 Å². The number of rotatable bonds is 6. The Morgan fingerprint density at radius 1 is 0.968 bits per heavy atom. The summed E-state index contributed by atoms with van der Waals surface area (Å²) in [5, 5.41) is 7.28. The molecule has 31 heavy (non-hydrogen) atoms. The van der Waals surface area contributed by atoms with Crippen LogP contribution >= 0.6 is 0 Å². The Morgan fingerprint density at radius 2 is 1.68 bits per heavy atom. The second-order valence-corrected chi connectivity index (χ2v) is 7.51. The van der Waals surface area contributed by atoms with E-state index in [1.165, 1.54) is 12.1 Å². The topological polar surface area (TPSA) is 96.5 Å². The average Bonchev–Trinajstić information content (AvgIpc) is 2.68. The number of hydrogen-bond acceptors (Lipinski definition) is 4. The lowest BCUT2D eigenvalue weighted by Crippen LogP contribution is -2.39. The third-order valence-electron chi connectivity index (χ3n) is 3.75. The van der Waals surface area contributed by atoms with Crippen LogP contribution in [0.4, 0.5) is 23.7 Å². The number of anilines is 1. The van der Waals surface area contributed by atoms with Crippen molar-refractivity contribution in [2.45, 2.75) is 32.9 Å². The molecule has 7 nitrogen and oxygen atoms in total. The van der Waals surface area contributed by atoms with Gasteiger partial charge in [0.05, 0.1) is 5.56 Å². The normalized spacial score (nSPS) is 10.9. The predicted octanol–water partition coefficient (Wildman–Crippen LogP) is 3.50. The van der Waals surface area contributed by atoms with Gasteiger partial charge in [-0.25, -0.2) is 18.0 Å². The Morgan fingerprint density at radius 3 is 2.35 bits per heavy atom. The molecule has 0 unspecified atom stereocenters. The summed E-state index contributed by atoms with van der Waals surface area (Å²) in [5.74, 6) is -6.14. The molecule has 0 aliphatic heterocycles. The number of nitrogens with one attached hydrogen (secondary N) is 3. The van der Waals surface area contributed by atoms with Gasteiger partial charge in [0.15, 0.2) is 17.5 Å². The van der Waals surface area contributed by atoms with E-state index in [1.54, 1.807) is 32.9 Å². The Bertz CT molecular complexity index is 990. The van der Waals surface area contributed by atoms with E-state index in [-0.39, 0.29) is 18.8 Å². The van der Waals surface area contributed by atoms with E-state index < -0.39 is 46.5 Å². The fraction of sp³-hybridized carbons (Fsp3) is 0.286. The molecule has 0 aliphatic carbocycles. The lowest BCUT2D eigenvalue weighted by Gasteiger charge is -2.19. The summed E-state index contributed by atoms with van der Waals surface area (Å²) >= 11 is 0. The highest BCUT2D eigenvalue weighted by Gasteiger charge is 2.19. The van der Waals surface area contributed by atoms with Crippen molar-refractivity contribution in [1.82, 2.24) is 10.6 Å². The number of amides is 3. The van der Waals surface area contributed by atoms with Crippen molar-refractivity contribution in [3.63, 3.8) is 0 Å². The minimum absolute atomic E-state index is 0.0814. The number of ether oxygens (including phenoxy) is 1. The molecule has 0 radical (unpaired) electrons. The van der Waals surface area contributed by atoms with E-state index in [2.05, 4.69) is 16.0 Å². The summed E-state index contributed by atoms with van der Waals surface area (Å²) < 4.78 is 45.1. The first-order valence-electron chi connectivity index (χ1n) is 9.23. The molecule has 2 aromatic carbocycles. The van der Waals surface area contributed by atoms with E-state index in [0.29, 0.717) is 11.6 Å². The summed E-state index contributed by atoms with van der Waals surface area (Å²) in [4.78, 5) is 35.6. The second-order valence-electron chi connectivity index (χ2n) is 7.51. The molecule has 0 spiro atoms. The van der Waals surface area contributed by atoms with E-state index in [4.69, 9.17) is 4.74 Å². The van der Waals surface area contributed by atoms with E-state index in [9.17, 15) is 27.6 Å². The zero-order valence-corrected chi connectivity index (χ0v) is 17.1. The number of alkyl carbamates (subject to hydrolysis) is 1. The van der Waals surface area contributed by atoms with Gasteiger partial charge < -0.3 is 20.7 Å². The molecule has 0 fully saturated rings. The maximum atomic E-state index is 13.8. The fourth-order valence-corrected chi connectivity index (χ4v) is 2.39. The van der Waals surface area contributed by atoms with Crippen molar-refractivity contribution in [1.29, 1.82) is 0 Å². The van der Waals surface area contributed by atoms with E-state index in [0.717, 1.165) is 6.07 Å². The molecule has 3 N–H and O–H groups in total. The third kappa shape index (κ3) is 7.32. The molecule has 0 saturated heterocycles. The molecule has 0 bridgehead atoms. The Hall–Kier alpha value is -3.56. The molecule has 2 aromatic rings. The second kappa shape index (κ2) is 9.96. The van der Waals surface area contributed by atoms with Crippen LogP contribution in [0.3, 0.4) is 0 Å². The van der Waals surface area contributed by atoms with Crippen molar-refractivity contribution >= 4 is 23.6 Å². The van der Waals surface area contributed by atoms with Gasteiger partial charge in [-0.2, -0.15) is 0 Å². The molecule has 0 aliphatic rings. The SMILES string of the molecule is CC(C)(C)OC(=O)NCC(=O)NCc1cccc(NC(=O)c2ccc(F)c(F)c2F)c1. The Kier molecular flexibility index (Phi) is 7.62. The highest BCUT2D eigenvalue weighted by molar-refractivity contribution is 6.04. The smallest absolute Gasteiger partial charge is 0.408 e. The first kappa shape index (κ1) is 23.7. The van der Waals surface area contributed by atoms with Crippen LogP contribution < -0.4 is 16.0 Å². The summed E-state index contributed by atoms with van der Waals surface area (Å²) in [6, 6.07) is 7.75. The fourth-order valence-electron chi connectivity index (χ4n) is 2.39. The van der Waals surface area contributed by atoms with Gasteiger partial charge in [0.25, 0.3) is 5.91 Å². The number of carbonyl (C=O) groups excluding carboxylic acids is 3. The summed E-state index contributed by atoms with van der Waals surface area (Å²) in [5.41, 5.74) is -0.485. The van der Waals surface area contributed by atoms with Crippen LogP contribution in [0.15, 0.2) is 36.4 Å². The van der Waals surface area contributed by atoms with Crippen LogP contribution in [0.25, 0.3) is 0 Å². The minimum Gasteiger partial charge on any atom is -0.444 e. The standard InChI is InChI=1S/C21H22F3N3O4/c1-21(2,3)31-20(30)26-11-16(28)25-10-12-5-4-6-13(9-12)27-19(29)14-7-8-15(22)18(24)17(14)23/h4-9H,10-11H2,1-3H3,(H,25,28)(H,26,30)(H,27,29). The van der Waals surface area contributed by atoms with Gasteiger partial charge in [0.1, 0.15) is 12.1 Å². The number of carbonyl (C=O) groups is 3. The molecule has 0 heterocycles. The molecular weight excluding hydrogens is 415 g/mol. The molecule has 166 valence electrons. The first-order valence-corrected chi connectivity index (χ1v) is 9.23. The van der Waals surface area contributed by atoms with Gasteiger partial charge in [-0.05, 0) is 50.6 Å². The van der Waals surface area contributed by atoms with Crippen molar-refractivity contribution in [3.05, 3.63) is 65.0 Å². The highest BCUT2D eigenvalue weighted by Crippen LogP contribution is 2.18. The molecule has 2 rings (SSSR count). The van der Waals surface area contributed by atoms with Crippen molar-refractivity contribution in [2.75, 3.05) is 11.9 Å². The van der Waals surface area contributed by atoms with Gasteiger partial charge >= 0.3 is 6.09 Å². The maximum absolute atomic E-state index is 13.8. The number of halogens is 3. The summed E-state index contributed by atoms with van der Waals surface area (Å²) in [6.45, 7) is 4.87. The lowest BCUT2D eigenvalue weighted by atomic mass is 10.1. The Balaban J connectivity index is 1.91. The number of hydrogen-bond donors (Lipinski definition) is 3. The van der Waals surface area contributed by atoms with E-state index in [1.807, 2.05) is 0 Å². The van der Waals surface area contributed by atoms with Crippen LogP contribution in [0.2, 0.25) is 0 Å². The molecule has 3 amide bonds. The lowest BCUT2D eigenvalue weighted by molar-refractivity contribution is -0.120. The molecule has 0 atom stereocenters. The van der Waals surface area contributed by atoms with E-state index >= 15 is 0 Å². The van der Waals surface area contributed by atoms with Gasteiger partial charge in [-0.1, -0.05) is 12.1 Å². The zero-order chi connectivity index (χ0) is 23.2. The molecular formula is C21H22F3N3O4. The largest absolute Gasteiger partial charge is 0.444 e. The van der Waals surface area contributed by atoms with Crippen LogP contribution in [0.5, 0.6) is 0 Å². The van der Waals surface area contributed by atoms with Gasteiger partial charge in [0, 0.05) is 12.2 Å². The van der Waals surface area contributed by atoms with Gasteiger partial charge in [-0.3, -0.25) is 9.59 Å². The monoisotopic (exact) mass is 437 g/mol. The van der Waals surface area contributed by atoms with Crippen LogP contribution in [0.1, 0.15) is 36.7 Å². The van der Waals surface area contributed by atoms with Crippen LogP contribution in [0, 0.1) is 17.5 Å². The zero-order valence-electron chi connectivity index (χ0n) is 17.1. The Labute approximate surface area is 177 Å². The minimum atomic E-state index is -1.73. The first-order chi connectivity index (χ1) is 14.5. The predicted molar refractivity (Wildman–Crippen MR) is 107 cm³/mol. The molecule has 10 heteroatoms. The average molecular weight is 437 g/mol. The summed E-state index contributed by atoms with van der Waals surface area (Å²) in [7, 11) is 0. The quantitative estimate of drug-likeness (QED) is 0.603. The van der Waals surface area contributed by atoms with Crippen LogP contribution in [-0.2, 0) is 16.1 Å². The maximum Gasteiger partial charge on any atom is 0.408 e. The van der Waals surface area contributed by atoms with Crippen molar-refractivity contribution < 1.29 is 32.3 Å². The van der Waals surface area contributed by atoms with Crippen molar-refractivity contribution in [3.8, 4) is 0 Å².